The minimum absolute atomic E-state index is 0.0113. The van der Waals surface area contributed by atoms with Crippen LogP contribution >= 0.6 is 11.6 Å². The van der Waals surface area contributed by atoms with Crippen molar-refractivity contribution in [3.63, 3.8) is 0 Å². The fourth-order valence-electron chi connectivity index (χ4n) is 3.74. The van der Waals surface area contributed by atoms with Crippen LogP contribution in [0.15, 0.2) is 42.5 Å². The Hall–Kier alpha value is -2.57. The van der Waals surface area contributed by atoms with Gasteiger partial charge in [-0.25, -0.2) is 0 Å². The zero-order valence-electron chi connectivity index (χ0n) is 18.4. The van der Waals surface area contributed by atoms with Gasteiger partial charge in [-0.2, -0.15) is 0 Å². The summed E-state index contributed by atoms with van der Waals surface area (Å²) in [4.78, 5) is 29.1. The molecule has 1 fully saturated rings. The van der Waals surface area contributed by atoms with E-state index in [0.717, 1.165) is 36.4 Å². The molecule has 2 aromatic carbocycles. The Balaban J connectivity index is 1.93. The molecule has 0 spiro atoms. The van der Waals surface area contributed by atoms with E-state index in [0.29, 0.717) is 30.1 Å². The summed E-state index contributed by atoms with van der Waals surface area (Å²) in [5.74, 6) is -0.180. The summed E-state index contributed by atoms with van der Waals surface area (Å²) in [5, 5.41) is 3.34. The van der Waals surface area contributed by atoms with Crippen molar-refractivity contribution in [2.24, 2.45) is 0 Å². The van der Waals surface area contributed by atoms with Gasteiger partial charge in [0.05, 0.1) is 16.7 Å². The third kappa shape index (κ3) is 5.99. The van der Waals surface area contributed by atoms with E-state index in [1.54, 1.807) is 17.0 Å². The third-order valence-electron chi connectivity index (χ3n) is 5.37. The summed E-state index contributed by atoms with van der Waals surface area (Å²) in [6, 6.07) is 12.9. The van der Waals surface area contributed by atoms with Gasteiger partial charge in [-0.3, -0.25) is 9.59 Å². The Morgan fingerprint density at radius 1 is 1.19 bits per heavy atom. The molecule has 0 aromatic heterocycles. The number of hydrogen-bond donors (Lipinski definition) is 1. The van der Waals surface area contributed by atoms with E-state index in [4.69, 9.17) is 16.3 Å². The minimum Gasteiger partial charge on any atom is -0.377 e. The van der Waals surface area contributed by atoms with Crippen LogP contribution in [0.5, 0.6) is 0 Å². The van der Waals surface area contributed by atoms with E-state index in [1.807, 2.05) is 56.3 Å². The van der Waals surface area contributed by atoms with Crippen molar-refractivity contribution in [1.82, 2.24) is 4.90 Å². The van der Waals surface area contributed by atoms with E-state index >= 15 is 0 Å². The number of nitrogens with one attached hydrogen (secondary N) is 1. The highest BCUT2D eigenvalue weighted by atomic mass is 35.5. The molecule has 2 aromatic rings. The van der Waals surface area contributed by atoms with Crippen LogP contribution in [-0.2, 0) is 16.1 Å². The summed E-state index contributed by atoms with van der Waals surface area (Å²) >= 11 is 6.33. The van der Waals surface area contributed by atoms with Crippen molar-refractivity contribution in [1.29, 1.82) is 0 Å². The predicted molar refractivity (Wildman–Crippen MR) is 125 cm³/mol. The fraction of sp³-hybridized carbons (Fsp3) is 0.417. The van der Waals surface area contributed by atoms with Crippen molar-refractivity contribution in [3.8, 4) is 0 Å². The molecule has 166 valence electrons. The normalized spacial score (nSPS) is 15.5. The topological polar surface area (TPSA) is 61.9 Å². The average molecular weight is 444 g/mol. The molecule has 2 amide bonds. The largest absolute Gasteiger partial charge is 0.377 e. The maximum atomic E-state index is 13.5. The number of rotatable bonds is 8. The number of benzene rings is 2. The van der Waals surface area contributed by atoms with E-state index < -0.39 is 0 Å². The highest BCUT2D eigenvalue weighted by molar-refractivity contribution is 6.33. The van der Waals surface area contributed by atoms with Gasteiger partial charge in [-0.05, 0) is 48.7 Å². The fourth-order valence-corrected chi connectivity index (χ4v) is 3.96. The van der Waals surface area contributed by atoms with Gasteiger partial charge >= 0.3 is 0 Å². The lowest BCUT2D eigenvalue weighted by molar-refractivity contribution is -0.115. The molecule has 1 saturated heterocycles. The number of amides is 2. The molecule has 3 rings (SSSR count). The zero-order valence-corrected chi connectivity index (χ0v) is 19.1. The van der Waals surface area contributed by atoms with Crippen LogP contribution in [0.2, 0.25) is 5.02 Å². The smallest absolute Gasteiger partial charge is 0.255 e. The van der Waals surface area contributed by atoms with Crippen LogP contribution in [0, 0.1) is 0 Å². The van der Waals surface area contributed by atoms with Crippen molar-refractivity contribution >= 4 is 34.8 Å². The number of carbonyl (C=O) groups is 2. The Labute approximate surface area is 189 Å². The van der Waals surface area contributed by atoms with E-state index in [2.05, 4.69) is 5.32 Å². The van der Waals surface area contributed by atoms with Crippen LogP contribution in [0.25, 0.3) is 0 Å². The molecule has 31 heavy (non-hydrogen) atoms. The molecular formula is C24H30ClN3O3. The van der Waals surface area contributed by atoms with Crippen LogP contribution in [-0.4, -0.2) is 50.1 Å². The molecule has 1 aliphatic heterocycles. The lowest BCUT2D eigenvalue weighted by Crippen LogP contribution is -2.37. The van der Waals surface area contributed by atoms with Gasteiger partial charge in [0, 0.05) is 51.6 Å². The number of ether oxygens (including phenoxy) is 1. The minimum atomic E-state index is -0.131. The number of nitrogens with zero attached hydrogens (tertiary/aromatic N) is 2. The maximum Gasteiger partial charge on any atom is 0.255 e. The van der Waals surface area contributed by atoms with Gasteiger partial charge in [0.2, 0.25) is 5.91 Å². The number of hydrogen-bond acceptors (Lipinski definition) is 4. The van der Waals surface area contributed by atoms with Crippen molar-refractivity contribution in [3.05, 3.63) is 58.6 Å². The van der Waals surface area contributed by atoms with Crippen molar-refractivity contribution < 1.29 is 14.3 Å². The molecule has 1 unspecified atom stereocenters. The Bertz CT molecular complexity index is 926. The molecule has 1 heterocycles. The summed E-state index contributed by atoms with van der Waals surface area (Å²) in [6.45, 7) is 3.41. The van der Waals surface area contributed by atoms with Crippen LogP contribution in [0.4, 0.5) is 11.4 Å². The first-order chi connectivity index (χ1) is 14.9. The molecule has 0 radical (unpaired) electrons. The Morgan fingerprint density at radius 3 is 2.61 bits per heavy atom. The average Bonchev–Trinajstić information content (AvgIpc) is 3.26. The highest BCUT2D eigenvalue weighted by Gasteiger charge is 2.26. The van der Waals surface area contributed by atoms with Gasteiger partial charge in [0.25, 0.3) is 5.91 Å². The van der Waals surface area contributed by atoms with Gasteiger partial charge in [-0.15, -0.1) is 0 Å². The molecule has 1 N–H and O–H groups in total. The standard InChI is InChI=1S/C24H30ClN3O3/c1-4-23(29)26-18-11-12-22(27(2)3)17(14-18)15-28(16-19-8-7-13-31-19)24(30)20-9-5-6-10-21(20)25/h5-6,9-12,14,19H,4,7-8,13,15-16H2,1-3H3,(H,26,29). The summed E-state index contributed by atoms with van der Waals surface area (Å²) in [6.07, 6.45) is 2.35. The van der Waals surface area contributed by atoms with Gasteiger partial charge in [0.1, 0.15) is 0 Å². The highest BCUT2D eigenvalue weighted by Crippen LogP contribution is 2.27. The molecule has 0 saturated carbocycles. The molecule has 7 heteroatoms. The van der Waals surface area contributed by atoms with Crippen LogP contribution in [0.3, 0.4) is 0 Å². The number of carbonyl (C=O) groups excluding carboxylic acids is 2. The number of anilines is 2. The van der Waals surface area contributed by atoms with Crippen molar-refractivity contribution in [2.45, 2.75) is 38.8 Å². The van der Waals surface area contributed by atoms with E-state index in [1.165, 1.54) is 0 Å². The zero-order chi connectivity index (χ0) is 22.4. The lowest BCUT2D eigenvalue weighted by Gasteiger charge is -2.28. The first-order valence-corrected chi connectivity index (χ1v) is 11.0. The Kier molecular flexibility index (Phi) is 7.93. The quantitative estimate of drug-likeness (QED) is 0.648. The number of halogens is 1. The molecule has 1 atom stereocenters. The second kappa shape index (κ2) is 10.6. The van der Waals surface area contributed by atoms with E-state index in [-0.39, 0.29) is 17.9 Å². The Morgan fingerprint density at radius 2 is 1.97 bits per heavy atom. The van der Waals surface area contributed by atoms with Gasteiger partial charge in [-0.1, -0.05) is 30.7 Å². The molecule has 6 nitrogen and oxygen atoms in total. The van der Waals surface area contributed by atoms with Crippen molar-refractivity contribution in [2.75, 3.05) is 37.5 Å². The monoisotopic (exact) mass is 443 g/mol. The van der Waals surface area contributed by atoms with Gasteiger partial charge < -0.3 is 19.9 Å². The predicted octanol–water partition coefficient (Wildman–Crippen LogP) is 4.58. The lowest BCUT2D eigenvalue weighted by atomic mass is 10.1. The second-order valence-electron chi connectivity index (χ2n) is 7.94. The molecule has 0 bridgehead atoms. The maximum absolute atomic E-state index is 13.5. The summed E-state index contributed by atoms with van der Waals surface area (Å²) in [7, 11) is 3.92. The summed E-state index contributed by atoms with van der Waals surface area (Å²) in [5.41, 5.74) is 3.12. The summed E-state index contributed by atoms with van der Waals surface area (Å²) < 4.78 is 5.81. The third-order valence-corrected chi connectivity index (χ3v) is 5.70. The van der Waals surface area contributed by atoms with Gasteiger partial charge in [0.15, 0.2) is 0 Å². The molecule has 1 aliphatic rings. The molecule has 0 aliphatic carbocycles. The first kappa shape index (κ1) is 23.1. The second-order valence-corrected chi connectivity index (χ2v) is 8.35. The van der Waals surface area contributed by atoms with Crippen LogP contribution in [0.1, 0.15) is 42.1 Å². The van der Waals surface area contributed by atoms with Crippen LogP contribution < -0.4 is 10.2 Å². The molecular weight excluding hydrogens is 414 g/mol. The van der Waals surface area contributed by atoms with E-state index in [9.17, 15) is 9.59 Å². The first-order valence-electron chi connectivity index (χ1n) is 10.6. The SMILES string of the molecule is CCC(=O)Nc1ccc(N(C)C)c(CN(CC2CCCO2)C(=O)c2ccccc2Cl)c1.